The van der Waals surface area contributed by atoms with Crippen molar-refractivity contribution in [1.29, 1.82) is 0 Å². The van der Waals surface area contributed by atoms with Crippen molar-refractivity contribution in [1.82, 2.24) is 10.6 Å². The van der Waals surface area contributed by atoms with Crippen LogP contribution in [0.15, 0.2) is 24.3 Å². The number of Topliss-reactive ketones (excluding diaryl/α,β-unsaturated/α-hetero) is 1. The minimum Gasteiger partial charge on any atom is -0.612 e. The average Bonchev–Trinajstić information content (AvgIpc) is 2.68. The van der Waals surface area contributed by atoms with Crippen LogP contribution in [0.4, 0.5) is 0 Å². The predicted molar refractivity (Wildman–Crippen MR) is 131 cm³/mol. The summed E-state index contributed by atoms with van der Waals surface area (Å²) in [6.07, 6.45) is 2.38. The monoisotopic (exact) mass is 487 g/mol. The Morgan fingerprint density at radius 1 is 1.06 bits per heavy atom. The Hall–Kier alpha value is -0.194. The third-order valence-corrected chi connectivity index (χ3v) is 5.09. The maximum Gasteiger partial charge on any atom is 1.00 e. The van der Waals surface area contributed by atoms with Gasteiger partial charge in [-0.25, -0.2) is 0 Å². The van der Waals surface area contributed by atoms with E-state index in [0.717, 1.165) is 37.2 Å². The first-order valence-corrected chi connectivity index (χ1v) is 11.6. The maximum atomic E-state index is 12.9. The van der Waals surface area contributed by atoms with E-state index in [9.17, 15) is 9.70 Å². The van der Waals surface area contributed by atoms with Gasteiger partial charge in [0.15, 0.2) is 12.8 Å². The normalized spacial score (nSPS) is 13.7. The van der Waals surface area contributed by atoms with Crippen molar-refractivity contribution >= 4 is 5.78 Å². The Morgan fingerprint density at radius 3 is 2.18 bits per heavy atom. The van der Waals surface area contributed by atoms with Crippen LogP contribution in [0.25, 0.3) is 5.73 Å². The van der Waals surface area contributed by atoms with E-state index in [1.54, 1.807) is 0 Å². The molecule has 0 fully saturated rings. The molecule has 0 spiro atoms. The van der Waals surface area contributed by atoms with Crippen LogP contribution in [0.3, 0.4) is 0 Å². The van der Waals surface area contributed by atoms with E-state index in [2.05, 4.69) is 31.4 Å². The van der Waals surface area contributed by atoms with Crippen molar-refractivity contribution < 1.29 is 65.7 Å². The van der Waals surface area contributed by atoms with E-state index in [1.165, 1.54) is 7.05 Å². The summed E-state index contributed by atoms with van der Waals surface area (Å²) in [5.41, 5.74) is 8.13. The molecule has 0 aliphatic carbocycles. The molecule has 3 N–H and O–H groups in total. The van der Waals surface area contributed by atoms with Crippen molar-refractivity contribution in [3.8, 4) is 5.75 Å². The van der Waals surface area contributed by atoms with Crippen molar-refractivity contribution in [2.24, 2.45) is 5.41 Å². The Labute approximate surface area is 243 Å². The summed E-state index contributed by atoms with van der Waals surface area (Å²) < 4.78 is 6.49. The molecule has 0 aliphatic rings. The first-order chi connectivity index (χ1) is 14.8. The number of ketones is 1. The molecule has 0 aromatic heterocycles. The number of carbonyl (C=O) groups excluding carboxylic acids is 1. The maximum absolute atomic E-state index is 12.9. The molecule has 1 aromatic rings. The third kappa shape index (κ3) is 14.7. The van der Waals surface area contributed by atoms with E-state index < -0.39 is 11.6 Å². The second-order valence-corrected chi connectivity index (χ2v) is 10.6. The smallest absolute Gasteiger partial charge is 0.612 e. The average molecular weight is 488 g/mol. The van der Waals surface area contributed by atoms with Crippen LogP contribution in [0, 0.1) is 10.3 Å². The number of hydrogen-bond donors (Lipinski definition) is 2. The predicted octanol–water partition coefficient (Wildman–Crippen LogP) is 1.53. The van der Waals surface area contributed by atoms with Crippen molar-refractivity contribution in [2.75, 3.05) is 26.7 Å². The summed E-state index contributed by atoms with van der Waals surface area (Å²) in [5, 5.41) is 6.80. The fourth-order valence-electron chi connectivity index (χ4n) is 3.35. The molecule has 0 saturated carbocycles. The Balaban J connectivity index is 0.0000102. The van der Waals surface area contributed by atoms with Gasteiger partial charge in [0.05, 0.1) is 6.04 Å². The molecule has 8 heteroatoms. The molecular weight excluding hydrogens is 443 g/mol. The quantitative estimate of drug-likeness (QED) is 0.236. The molecule has 1 rings (SSSR count). The SMILES string of the molecule is C[N+](=O)C([NH-])CCCCNCCOc1ccc(CC(NC(C)(C)C)C(=O)C(C)(C)C)cc1.[K+]. The van der Waals surface area contributed by atoms with Crippen molar-refractivity contribution in [3.05, 3.63) is 40.5 Å². The molecule has 7 nitrogen and oxygen atoms in total. The summed E-state index contributed by atoms with van der Waals surface area (Å²) in [6, 6.07) is 7.74. The van der Waals surface area contributed by atoms with Gasteiger partial charge in [0.1, 0.15) is 18.5 Å². The van der Waals surface area contributed by atoms with Crippen LogP contribution in [-0.4, -0.2) is 55.0 Å². The summed E-state index contributed by atoms with van der Waals surface area (Å²) in [6.45, 7) is 14.3. The largest absolute Gasteiger partial charge is 1.00 e. The van der Waals surface area contributed by atoms with Crippen LogP contribution in [0.1, 0.15) is 66.4 Å². The molecule has 0 aliphatic heterocycles. The van der Waals surface area contributed by atoms with E-state index in [4.69, 9.17) is 10.5 Å². The van der Waals surface area contributed by atoms with Crippen LogP contribution in [0.5, 0.6) is 5.75 Å². The summed E-state index contributed by atoms with van der Waals surface area (Å²) in [5.74, 6) is 1.03. The van der Waals surface area contributed by atoms with Gasteiger partial charge >= 0.3 is 51.4 Å². The van der Waals surface area contributed by atoms with E-state index >= 15 is 0 Å². The number of nitrogens with zero attached hydrogens (tertiary/aromatic N) is 1. The number of nitroso groups, excluding NO2 is 1. The Morgan fingerprint density at radius 2 is 1.67 bits per heavy atom. The Kier molecular flexibility index (Phi) is 15.6. The van der Waals surface area contributed by atoms with Crippen molar-refractivity contribution in [3.63, 3.8) is 0 Å². The molecule has 2 unspecified atom stereocenters. The van der Waals surface area contributed by atoms with Gasteiger partial charge in [-0.15, -0.1) is 0 Å². The molecule has 1 aromatic carbocycles. The van der Waals surface area contributed by atoms with Gasteiger partial charge in [0.25, 0.3) is 0 Å². The van der Waals surface area contributed by atoms with Gasteiger partial charge in [-0.2, -0.15) is 0 Å². The standard InChI is InChI=1S/C25H44N4O3.K/c1-24(2,3)23(30)21(28-25(4,5)6)18-19-11-13-20(14-12-19)32-17-16-27-15-9-8-10-22(26)29(7)31;/h11-14,21-22,26-28H,8-10,15-18H2,1-7H3;/q;+1. The van der Waals surface area contributed by atoms with Gasteiger partial charge in [-0.05, 0) is 75.5 Å². The van der Waals surface area contributed by atoms with Gasteiger partial charge in [0, 0.05) is 22.4 Å². The second kappa shape index (κ2) is 15.7. The minimum atomic E-state index is -0.660. The number of benzene rings is 1. The van der Waals surface area contributed by atoms with Gasteiger partial charge in [0.2, 0.25) is 0 Å². The number of nitrogens with one attached hydrogen (secondary N) is 3. The Bertz CT molecular complexity index is 712. The third-order valence-electron chi connectivity index (χ3n) is 5.09. The fourth-order valence-corrected chi connectivity index (χ4v) is 3.35. The molecule has 0 bridgehead atoms. The zero-order valence-corrected chi connectivity index (χ0v) is 25.2. The van der Waals surface area contributed by atoms with Crippen molar-refractivity contribution in [2.45, 2.75) is 85.0 Å². The van der Waals surface area contributed by atoms with E-state index in [-0.39, 0.29) is 68.7 Å². The molecule has 33 heavy (non-hydrogen) atoms. The molecular formula is C25H44KN4O3+. The topological polar surface area (TPSA) is 94.2 Å². The zero-order valence-electron chi connectivity index (χ0n) is 22.1. The number of rotatable bonds is 14. The van der Waals surface area contributed by atoms with E-state index in [1.807, 2.05) is 45.0 Å². The zero-order chi connectivity index (χ0) is 24.4. The second-order valence-electron chi connectivity index (χ2n) is 10.6. The number of unbranched alkanes of at least 4 members (excludes halogenated alkanes) is 1. The van der Waals surface area contributed by atoms with Gasteiger partial charge < -0.3 is 21.1 Å². The summed E-state index contributed by atoms with van der Waals surface area (Å²) in [7, 11) is 1.40. The molecule has 0 heterocycles. The first-order valence-electron chi connectivity index (χ1n) is 11.6. The van der Waals surface area contributed by atoms with Crippen LogP contribution >= 0.6 is 0 Å². The van der Waals surface area contributed by atoms with Crippen LogP contribution in [-0.2, 0) is 11.2 Å². The number of ether oxygens (including phenoxy) is 1. The summed E-state index contributed by atoms with van der Waals surface area (Å²) in [4.78, 5) is 23.9. The molecule has 0 amide bonds. The molecule has 2 atom stereocenters. The van der Waals surface area contributed by atoms with Gasteiger partial charge in [-0.1, -0.05) is 32.9 Å². The van der Waals surface area contributed by atoms with Crippen LogP contribution in [0.2, 0.25) is 0 Å². The molecule has 0 radical (unpaired) electrons. The number of hydrogen-bond acceptors (Lipinski definition) is 5. The summed E-state index contributed by atoms with van der Waals surface area (Å²) >= 11 is 0. The molecule has 0 saturated heterocycles. The van der Waals surface area contributed by atoms with Crippen LogP contribution < -0.4 is 66.8 Å². The minimum absolute atomic E-state index is 0. The fraction of sp³-hybridized carbons (Fsp3) is 0.720. The van der Waals surface area contributed by atoms with Gasteiger partial charge in [-0.3, -0.25) is 4.79 Å². The van der Waals surface area contributed by atoms with E-state index in [0.29, 0.717) is 24.2 Å². The first kappa shape index (κ1) is 32.8. The number of carbonyl (C=O) groups is 1. The molecule has 182 valence electrons.